The zero-order chi connectivity index (χ0) is 18.7. The van der Waals surface area contributed by atoms with Crippen LogP contribution >= 0.6 is 0 Å². The minimum Gasteiger partial charge on any atom is -0.484 e. The molecule has 0 aliphatic carbocycles. The first kappa shape index (κ1) is 17.3. The number of fused-ring (bicyclic) bond motifs is 1. The Labute approximate surface area is 147 Å². The number of rotatable bonds is 4. The van der Waals surface area contributed by atoms with Gasteiger partial charge in [-0.05, 0) is 38.1 Å². The molecule has 0 aliphatic rings. The normalized spacial score (nSPS) is 10.5. The number of hydrogen-bond donors (Lipinski definition) is 2. The third-order valence-electron chi connectivity index (χ3n) is 3.57. The first-order chi connectivity index (χ1) is 12.4. The molecule has 2 aromatic heterocycles. The molecular formula is C18H16N2O6. The van der Waals surface area contributed by atoms with Crippen molar-refractivity contribution in [3.05, 3.63) is 63.9 Å². The maximum atomic E-state index is 12.0. The van der Waals surface area contributed by atoms with Crippen LogP contribution in [-0.4, -0.2) is 18.4 Å². The Morgan fingerprint density at radius 3 is 2.54 bits per heavy atom. The summed E-state index contributed by atoms with van der Waals surface area (Å²) in [7, 11) is 0. The van der Waals surface area contributed by atoms with Crippen LogP contribution in [0.15, 0.2) is 50.0 Å². The van der Waals surface area contributed by atoms with Crippen LogP contribution in [0.4, 0.5) is 0 Å². The van der Waals surface area contributed by atoms with Crippen LogP contribution in [0.25, 0.3) is 11.0 Å². The van der Waals surface area contributed by atoms with Gasteiger partial charge in [-0.15, -0.1) is 0 Å². The summed E-state index contributed by atoms with van der Waals surface area (Å²) < 4.78 is 15.6. The fraction of sp³-hybridized carbons (Fsp3) is 0.167. The second-order valence-corrected chi connectivity index (χ2v) is 5.57. The molecule has 0 saturated heterocycles. The Hall–Kier alpha value is -3.55. The highest BCUT2D eigenvalue weighted by molar-refractivity contribution is 5.96. The van der Waals surface area contributed by atoms with Gasteiger partial charge in [0.25, 0.3) is 11.8 Å². The Kier molecular flexibility index (Phi) is 4.74. The van der Waals surface area contributed by atoms with E-state index in [0.29, 0.717) is 28.4 Å². The first-order valence-electron chi connectivity index (χ1n) is 7.75. The second kappa shape index (κ2) is 7.14. The summed E-state index contributed by atoms with van der Waals surface area (Å²) in [6.45, 7) is 3.05. The molecule has 8 heteroatoms. The smallest absolute Gasteiger partial charge is 0.336 e. The number of nitrogens with one attached hydrogen (secondary N) is 2. The highest BCUT2D eigenvalue weighted by Gasteiger charge is 2.14. The third kappa shape index (κ3) is 3.92. The lowest BCUT2D eigenvalue weighted by Crippen LogP contribution is -2.43. The number of carbonyl (C=O) groups is 2. The summed E-state index contributed by atoms with van der Waals surface area (Å²) in [4.78, 5) is 35.0. The Morgan fingerprint density at radius 2 is 1.81 bits per heavy atom. The molecular weight excluding hydrogens is 340 g/mol. The predicted octanol–water partition coefficient (Wildman–Crippen LogP) is 1.84. The lowest BCUT2D eigenvalue weighted by molar-refractivity contribution is -0.123. The molecule has 0 fully saturated rings. The van der Waals surface area contributed by atoms with Crippen LogP contribution in [0.2, 0.25) is 0 Å². The van der Waals surface area contributed by atoms with E-state index in [0.717, 1.165) is 5.39 Å². The number of carbonyl (C=O) groups excluding carboxylic acids is 2. The van der Waals surface area contributed by atoms with Crippen molar-refractivity contribution in [2.75, 3.05) is 6.61 Å². The molecule has 0 bridgehead atoms. The molecule has 2 N–H and O–H groups in total. The molecule has 134 valence electrons. The Bertz CT molecular complexity index is 1030. The van der Waals surface area contributed by atoms with Crippen molar-refractivity contribution in [3.8, 4) is 5.75 Å². The minimum atomic E-state index is -0.550. The number of furan rings is 1. The topological polar surface area (TPSA) is 111 Å². The summed E-state index contributed by atoms with van der Waals surface area (Å²) in [5, 5.41) is 0.736. The van der Waals surface area contributed by atoms with Gasteiger partial charge in [-0.2, -0.15) is 0 Å². The molecule has 0 radical (unpaired) electrons. The zero-order valence-corrected chi connectivity index (χ0v) is 14.1. The number of hydrogen-bond acceptors (Lipinski definition) is 6. The summed E-state index contributed by atoms with van der Waals surface area (Å²) in [6.07, 6.45) is 0. The van der Waals surface area contributed by atoms with Gasteiger partial charge in [-0.25, -0.2) is 4.79 Å². The summed E-state index contributed by atoms with van der Waals surface area (Å²) in [5.41, 5.74) is 4.77. The van der Waals surface area contributed by atoms with Gasteiger partial charge in [0.1, 0.15) is 22.9 Å². The molecule has 0 spiro atoms. The van der Waals surface area contributed by atoms with Gasteiger partial charge in [-0.1, -0.05) is 0 Å². The second-order valence-electron chi connectivity index (χ2n) is 5.57. The van der Waals surface area contributed by atoms with Crippen molar-refractivity contribution in [1.29, 1.82) is 0 Å². The zero-order valence-electron chi connectivity index (χ0n) is 14.1. The Balaban J connectivity index is 1.55. The maximum Gasteiger partial charge on any atom is 0.336 e. The van der Waals surface area contributed by atoms with Gasteiger partial charge in [0, 0.05) is 17.5 Å². The van der Waals surface area contributed by atoms with E-state index in [1.165, 1.54) is 12.1 Å². The summed E-state index contributed by atoms with van der Waals surface area (Å²) in [6, 6.07) is 9.40. The average molecular weight is 356 g/mol. The summed E-state index contributed by atoms with van der Waals surface area (Å²) in [5.74, 6) is 0.383. The van der Waals surface area contributed by atoms with Crippen molar-refractivity contribution in [2.45, 2.75) is 13.8 Å². The third-order valence-corrected chi connectivity index (χ3v) is 3.57. The van der Waals surface area contributed by atoms with Crippen LogP contribution in [0.1, 0.15) is 21.9 Å². The first-order valence-corrected chi connectivity index (χ1v) is 7.75. The highest BCUT2D eigenvalue weighted by atomic mass is 16.5. The monoisotopic (exact) mass is 356 g/mol. The van der Waals surface area contributed by atoms with Crippen molar-refractivity contribution >= 4 is 22.8 Å². The van der Waals surface area contributed by atoms with Crippen molar-refractivity contribution in [3.63, 3.8) is 0 Å². The summed E-state index contributed by atoms with van der Waals surface area (Å²) >= 11 is 0. The number of hydrazine groups is 1. The van der Waals surface area contributed by atoms with Crippen LogP contribution < -0.4 is 21.2 Å². The molecule has 3 rings (SSSR count). The van der Waals surface area contributed by atoms with E-state index < -0.39 is 17.4 Å². The Morgan fingerprint density at radius 1 is 1.04 bits per heavy atom. The average Bonchev–Trinajstić information content (AvgIpc) is 2.95. The minimum absolute atomic E-state index is 0.327. The lowest BCUT2D eigenvalue weighted by Gasteiger charge is -2.08. The number of amides is 2. The molecule has 2 heterocycles. The van der Waals surface area contributed by atoms with Crippen molar-refractivity contribution < 1.29 is 23.2 Å². The lowest BCUT2D eigenvalue weighted by atomic mass is 10.2. The number of aryl methyl sites for hydroxylation is 2. The van der Waals surface area contributed by atoms with Crippen molar-refractivity contribution in [2.24, 2.45) is 0 Å². The van der Waals surface area contributed by atoms with Gasteiger partial charge in [-0.3, -0.25) is 20.4 Å². The standard InChI is InChI=1S/C18H16N2O6/c1-10-7-14(11(2)25-10)18(23)20-19-16(21)9-24-13-5-3-12-4-6-17(22)26-15(12)8-13/h3-8H,9H2,1-2H3,(H,19,21)(H,20,23). The van der Waals surface area contributed by atoms with Crippen LogP contribution in [0.5, 0.6) is 5.75 Å². The van der Waals surface area contributed by atoms with Crippen LogP contribution in [0, 0.1) is 13.8 Å². The number of ether oxygens (including phenoxy) is 1. The quantitative estimate of drug-likeness (QED) is 0.545. The van der Waals surface area contributed by atoms with Crippen LogP contribution in [0.3, 0.4) is 0 Å². The highest BCUT2D eigenvalue weighted by Crippen LogP contribution is 2.19. The fourth-order valence-electron chi connectivity index (χ4n) is 2.37. The molecule has 26 heavy (non-hydrogen) atoms. The van der Waals surface area contributed by atoms with E-state index >= 15 is 0 Å². The van der Waals surface area contributed by atoms with E-state index in [2.05, 4.69) is 10.9 Å². The van der Waals surface area contributed by atoms with E-state index in [9.17, 15) is 14.4 Å². The number of benzene rings is 1. The van der Waals surface area contributed by atoms with E-state index in [4.69, 9.17) is 13.6 Å². The predicted molar refractivity (Wildman–Crippen MR) is 91.8 cm³/mol. The fourth-order valence-corrected chi connectivity index (χ4v) is 2.37. The maximum absolute atomic E-state index is 12.0. The molecule has 1 aromatic carbocycles. The molecule has 0 aliphatic heterocycles. The molecule has 2 amide bonds. The van der Waals surface area contributed by atoms with Gasteiger partial charge in [0.05, 0.1) is 5.56 Å². The van der Waals surface area contributed by atoms with Gasteiger partial charge < -0.3 is 13.6 Å². The van der Waals surface area contributed by atoms with Crippen molar-refractivity contribution in [1.82, 2.24) is 10.9 Å². The molecule has 8 nitrogen and oxygen atoms in total. The van der Waals surface area contributed by atoms with Gasteiger partial charge >= 0.3 is 5.63 Å². The van der Waals surface area contributed by atoms with E-state index in [1.54, 1.807) is 38.1 Å². The molecule has 0 saturated carbocycles. The van der Waals surface area contributed by atoms with E-state index in [1.807, 2.05) is 0 Å². The van der Waals surface area contributed by atoms with Gasteiger partial charge in [0.2, 0.25) is 0 Å². The SMILES string of the molecule is Cc1cc(C(=O)NNC(=O)COc2ccc3ccc(=O)oc3c2)c(C)o1. The largest absolute Gasteiger partial charge is 0.484 e. The molecule has 0 unspecified atom stereocenters. The molecule has 0 atom stereocenters. The molecule has 3 aromatic rings. The van der Waals surface area contributed by atoms with Crippen LogP contribution in [-0.2, 0) is 4.79 Å². The van der Waals surface area contributed by atoms with E-state index in [-0.39, 0.29) is 6.61 Å². The van der Waals surface area contributed by atoms with Gasteiger partial charge in [0.15, 0.2) is 6.61 Å².